The summed E-state index contributed by atoms with van der Waals surface area (Å²) in [6.45, 7) is 4.22. The Labute approximate surface area is 103 Å². The van der Waals surface area contributed by atoms with Crippen LogP contribution in [0.4, 0.5) is 0 Å². The highest BCUT2D eigenvalue weighted by atomic mass is 16.5. The number of Topliss-reactive ketones (excluding diaryl/α,β-unsaturated/α-hetero) is 1. The minimum atomic E-state index is -0.751. The summed E-state index contributed by atoms with van der Waals surface area (Å²) in [6.07, 6.45) is 3.20. The molecule has 1 fully saturated rings. The van der Waals surface area contributed by atoms with Crippen LogP contribution in [0.2, 0.25) is 0 Å². The number of esters is 1. The van der Waals surface area contributed by atoms with Gasteiger partial charge in [-0.1, -0.05) is 6.92 Å². The molecule has 1 aliphatic carbocycles. The first-order chi connectivity index (χ1) is 8.04. The maximum absolute atomic E-state index is 12.1. The van der Waals surface area contributed by atoms with Gasteiger partial charge in [-0.05, 0) is 38.5 Å². The Morgan fingerprint density at radius 1 is 1.29 bits per heavy atom. The van der Waals surface area contributed by atoms with Crippen molar-refractivity contribution in [2.75, 3.05) is 13.7 Å². The monoisotopic (exact) mass is 242 g/mol. The van der Waals surface area contributed by atoms with Gasteiger partial charge in [-0.3, -0.25) is 9.59 Å². The van der Waals surface area contributed by atoms with Gasteiger partial charge in [0.05, 0.1) is 6.61 Å². The van der Waals surface area contributed by atoms with Crippen LogP contribution in [0.1, 0.15) is 46.0 Å². The van der Waals surface area contributed by atoms with Gasteiger partial charge in [0.25, 0.3) is 0 Å². The molecule has 0 aromatic carbocycles. The van der Waals surface area contributed by atoms with E-state index in [1.165, 1.54) is 0 Å². The molecule has 0 aromatic heterocycles. The Bertz CT molecular complexity index is 277. The second-order valence-electron chi connectivity index (χ2n) is 4.79. The van der Waals surface area contributed by atoms with E-state index in [1.807, 2.05) is 0 Å². The summed E-state index contributed by atoms with van der Waals surface area (Å²) in [6, 6.07) is 0. The van der Waals surface area contributed by atoms with Crippen molar-refractivity contribution in [3.8, 4) is 0 Å². The minimum absolute atomic E-state index is 0.134. The first kappa shape index (κ1) is 14.2. The summed E-state index contributed by atoms with van der Waals surface area (Å²) in [5, 5.41) is 0. The van der Waals surface area contributed by atoms with Gasteiger partial charge in [0, 0.05) is 7.11 Å². The molecule has 0 unspecified atom stereocenters. The predicted molar refractivity (Wildman–Crippen MR) is 63.6 cm³/mol. The van der Waals surface area contributed by atoms with E-state index < -0.39 is 11.6 Å². The van der Waals surface area contributed by atoms with E-state index in [4.69, 9.17) is 9.47 Å². The van der Waals surface area contributed by atoms with Crippen molar-refractivity contribution >= 4 is 11.8 Å². The average Bonchev–Trinajstić information content (AvgIpc) is 2.30. The molecular formula is C13H22O4. The van der Waals surface area contributed by atoms with E-state index in [-0.39, 0.29) is 12.2 Å². The van der Waals surface area contributed by atoms with Crippen LogP contribution in [-0.2, 0) is 19.1 Å². The molecule has 0 atom stereocenters. The van der Waals surface area contributed by atoms with Crippen LogP contribution in [-0.4, -0.2) is 31.1 Å². The Kier molecular flexibility index (Phi) is 5.12. The fraction of sp³-hybridized carbons (Fsp3) is 0.846. The van der Waals surface area contributed by atoms with Crippen molar-refractivity contribution in [3.63, 3.8) is 0 Å². The first-order valence-electron chi connectivity index (χ1n) is 6.28. The fourth-order valence-electron chi connectivity index (χ4n) is 2.33. The molecule has 0 aliphatic heterocycles. The summed E-state index contributed by atoms with van der Waals surface area (Å²) < 4.78 is 10.2. The lowest BCUT2D eigenvalue weighted by Crippen LogP contribution is -2.44. The summed E-state index contributed by atoms with van der Waals surface area (Å²) in [4.78, 5) is 23.4. The largest absolute Gasteiger partial charge is 0.466 e. The molecule has 17 heavy (non-hydrogen) atoms. The summed E-state index contributed by atoms with van der Waals surface area (Å²) in [5.41, 5.74) is -0.751. The standard InChI is InChI=1S/C13H22O4/c1-4-17-12(15)9-11(14)13(16-3)7-5-10(2)6-8-13/h10H,4-9H2,1-3H3. The number of rotatable bonds is 5. The third kappa shape index (κ3) is 3.53. The average molecular weight is 242 g/mol. The number of carbonyl (C=O) groups excluding carboxylic acids is 2. The van der Waals surface area contributed by atoms with Crippen LogP contribution >= 0.6 is 0 Å². The van der Waals surface area contributed by atoms with Crippen LogP contribution in [0.25, 0.3) is 0 Å². The molecule has 98 valence electrons. The lowest BCUT2D eigenvalue weighted by molar-refractivity contribution is -0.155. The van der Waals surface area contributed by atoms with Crippen LogP contribution in [0.3, 0.4) is 0 Å². The molecule has 4 heteroatoms. The molecule has 1 aliphatic rings. The molecule has 0 N–H and O–H groups in total. The van der Waals surface area contributed by atoms with Crippen LogP contribution in [0.15, 0.2) is 0 Å². The summed E-state index contributed by atoms with van der Waals surface area (Å²) in [5.74, 6) is 0.0477. The number of carbonyl (C=O) groups is 2. The lowest BCUT2D eigenvalue weighted by Gasteiger charge is -2.36. The van der Waals surface area contributed by atoms with E-state index in [2.05, 4.69) is 6.92 Å². The zero-order valence-corrected chi connectivity index (χ0v) is 11.0. The number of methoxy groups -OCH3 is 1. The van der Waals surface area contributed by atoms with Crippen LogP contribution in [0.5, 0.6) is 0 Å². The predicted octanol–water partition coefficient (Wildman–Crippen LogP) is 2.10. The number of ether oxygens (including phenoxy) is 2. The van der Waals surface area contributed by atoms with Gasteiger partial charge >= 0.3 is 5.97 Å². The third-order valence-electron chi connectivity index (χ3n) is 3.59. The molecule has 1 saturated carbocycles. The lowest BCUT2D eigenvalue weighted by atomic mass is 9.76. The number of hydrogen-bond acceptors (Lipinski definition) is 4. The topological polar surface area (TPSA) is 52.6 Å². The molecule has 0 amide bonds. The van der Waals surface area contributed by atoms with Crippen LogP contribution in [0, 0.1) is 5.92 Å². The molecule has 0 aromatic rings. The quantitative estimate of drug-likeness (QED) is 0.547. The Morgan fingerprint density at radius 3 is 2.35 bits per heavy atom. The van der Waals surface area contributed by atoms with Gasteiger partial charge in [0.1, 0.15) is 12.0 Å². The SMILES string of the molecule is CCOC(=O)CC(=O)C1(OC)CCC(C)CC1. The van der Waals surface area contributed by atoms with Gasteiger partial charge in [-0.25, -0.2) is 0 Å². The van der Waals surface area contributed by atoms with Crippen LogP contribution < -0.4 is 0 Å². The maximum Gasteiger partial charge on any atom is 0.313 e. The van der Waals surface area contributed by atoms with Crippen molar-refractivity contribution in [2.24, 2.45) is 5.92 Å². The zero-order valence-electron chi connectivity index (χ0n) is 11.0. The highest BCUT2D eigenvalue weighted by molar-refractivity contribution is 6.00. The molecule has 0 saturated heterocycles. The second kappa shape index (κ2) is 6.15. The van der Waals surface area contributed by atoms with Crippen molar-refractivity contribution in [2.45, 2.75) is 51.6 Å². The molecular weight excluding hydrogens is 220 g/mol. The molecule has 0 bridgehead atoms. The van der Waals surface area contributed by atoms with Gasteiger partial charge in [0.2, 0.25) is 0 Å². The highest BCUT2D eigenvalue weighted by Crippen LogP contribution is 2.35. The fourth-order valence-corrected chi connectivity index (χ4v) is 2.33. The smallest absolute Gasteiger partial charge is 0.313 e. The number of hydrogen-bond donors (Lipinski definition) is 0. The number of ketones is 1. The summed E-state index contributed by atoms with van der Waals surface area (Å²) >= 11 is 0. The maximum atomic E-state index is 12.1. The van der Waals surface area contributed by atoms with Crippen molar-refractivity contribution in [3.05, 3.63) is 0 Å². The Hall–Kier alpha value is -0.900. The van der Waals surface area contributed by atoms with E-state index in [0.29, 0.717) is 25.4 Å². The van der Waals surface area contributed by atoms with Gasteiger partial charge in [-0.15, -0.1) is 0 Å². The molecule has 0 radical (unpaired) electrons. The molecule has 0 spiro atoms. The normalized spacial score (nSPS) is 28.8. The second-order valence-corrected chi connectivity index (χ2v) is 4.79. The van der Waals surface area contributed by atoms with Crippen molar-refractivity contribution in [1.82, 2.24) is 0 Å². The highest BCUT2D eigenvalue weighted by Gasteiger charge is 2.41. The van der Waals surface area contributed by atoms with Gasteiger partial charge in [0.15, 0.2) is 5.78 Å². The van der Waals surface area contributed by atoms with Crippen molar-refractivity contribution < 1.29 is 19.1 Å². The van der Waals surface area contributed by atoms with E-state index in [1.54, 1.807) is 14.0 Å². The molecule has 1 rings (SSSR count). The Balaban J connectivity index is 2.60. The van der Waals surface area contributed by atoms with E-state index in [0.717, 1.165) is 12.8 Å². The molecule has 0 heterocycles. The first-order valence-corrected chi connectivity index (χ1v) is 6.28. The van der Waals surface area contributed by atoms with E-state index >= 15 is 0 Å². The molecule has 4 nitrogen and oxygen atoms in total. The zero-order chi connectivity index (χ0) is 12.9. The summed E-state index contributed by atoms with van der Waals surface area (Å²) in [7, 11) is 1.55. The van der Waals surface area contributed by atoms with E-state index in [9.17, 15) is 9.59 Å². The van der Waals surface area contributed by atoms with Crippen molar-refractivity contribution in [1.29, 1.82) is 0 Å². The Morgan fingerprint density at radius 2 is 1.88 bits per heavy atom. The van der Waals surface area contributed by atoms with Gasteiger partial charge in [-0.2, -0.15) is 0 Å². The third-order valence-corrected chi connectivity index (χ3v) is 3.59. The van der Waals surface area contributed by atoms with Gasteiger partial charge < -0.3 is 9.47 Å². The minimum Gasteiger partial charge on any atom is -0.466 e.